The molecular formula is C20H25BrN4O3. The highest BCUT2D eigenvalue weighted by molar-refractivity contribution is 9.10. The molecule has 0 spiro atoms. The zero-order valence-electron chi connectivity index (χ0n) is 15.8. The molecule has 0 amide bonds. The summed E-state index contributed by atoms with van der Waals surface area (Å²) in [6.07, 6.45) is 0. The van der Waals surface area contributed by atoms with Crippen LogP contribution in [0.25, 0.3) is 0 Å². The zero-order chi connectivity index (χ0) is 20.1. The fourth-order valence-corrected chi connectivity index (χ4v) is 3.70. The van der Waals surface area contributed by atoms with Crippen molar-refractivity contribution >= 4 is 33.0 Å². The number of halogens is 1. The van der Waals surface area contributed by atoms with Crippen molar-refractivity contribution in [2.75, 3.05) is 49.5 Å². The number of benzene rings is 2. The monoisotopic (exact) mass is 448 g/mol. The molecule has 0 aliphatic carbocycles. The first-order chi connectivity index (χ1) is 13.5. The molecule has 2 aromatic carbocycles. The van der Waals surface area contributed by atoms with E-state index in [2.05, 4.69) is 31.0 Å². The number of hydrogen-bond donors (Lipinski definition) is 2. The maximum Gasteiger partial charge on any atom is 0.292 e. The van der Waals surface area contributed by atoms with E-state index in [1.165, 1.54) is 0 Å². The first-order valence-corrected chi connectivity index (χ1v) is 10.2. The summed E-state index contributed by atoms with van der Waals surface area (Å²) in [4.78, 5) is 15.6. The lowest BCUT2D eigenvalue weighted by molar-refractivity contribution is -0.384. The number of β-amino-alcohol motifs (C(OH)–C–C–N with tert-alkyl or cyclic N) is 1. The Morgan fingerprint density at radius 3 is 2.46 bits per heavy atom. The second kappa shape index (κ2) is 9.36. The Balaban J connectivity index is 1.78. The van der Waals surface area contributed by atoms with Crippen molar-refractivity contribution in [1.82, 2.24) is 4.90 Å². The third-order valence-electron chi connectivity index (χ3n) is 5.07. The minimum atomic E-state index is -0.348. The van der Waals surface area contributed by atoms with Gasteiger partial charge in [0.05, 0.1) is 11.5 Å². The summed E-state index contributed by atoms with van der Waals surface area (Å²) in [5.74, 6) is 0. The van der Waals surface area contributed by atoms with Crippen molar-refractivity contribution in [3.8, 4) is 0 Å². The van der Waals surface area contributed by atoms with Crippen LogP contribution < -0.4 is 10.2 Å². The molecule has 0 bridgehead atoms. The van der Waals surface area contributed by atoms with E-state index in [0.717, 1.165) is 41.9 Å². The normalized spacial score (nSPS) is 16.0. The maximum atomic E-state index is 11.5. The van der Waals surface area contributed by atoms with Gasteiger partial charge in [-0.2, -0.15) is 0 Å². The number of aliphatic hydroxyl groups excluding tert-OH is 1. The Morgan fingerprint density at radius 1 is 1.18 bits per heavy atom. The molecule has 28 heavy (non-hydrogen) atoms. The molecule has 150 valence electrons. The summed E-state index contributed by atoms with van der Waals surface area (Å²) < 4.78 is 0.997. The van der Waals surface area contributed by atoms with Gasteiger partial charge in [-0.05, 0) is 36.8 Å². The van der Waals surface area contributed by atoms with Gasteiger partial charge in [0, 0.05) is 55.0 Å². The lowest BCUT2D eigenvalue weighted by Crippen LogP contribution is -2.47. The number of nitro groups is 1. The second-order valence-corrected chi connectivity index (χ2v) is 7.84. The minimum Gasteiger partial charge on any atom is -0.395 e. The van der Waals surface area contributed by atoms with Crippen molar-refractivity contribution in [3.05, 3.63) is 62.6 Å². The molecule has 1 fully saturated rings. The summed E-state index contributed by atoms with van der Waals surface area (Å²) in [6.45, 7) is 6.25. The predicted octanol–water partition coefficient (Wildman–Crippen LogP) is 3.64. The van der Waals surface area contributed by atoms with Crippen LogP contribution in [0.2, 0.25) is 0 Å². The van der Waals surface area contributed by atoms with E-state index >= 15 is 0 Å². The Morgan fingerprint density at radius 2 is 1.86 bits per heavy atom. The lowest BCUT2D eigenvalue weighted by Gasteiger charge is -2.36. The van der Waals surface area contributed by atoms with Crippen LogP contribution in [0.3, 0.4) is 0 Å². The van der Waals surface area contributed by atoms with Crippen LogP contribution in [0.5, 0.6) is 0 Å². The summed E-state index contributed by atoms with van der Waals surface area (Å²) in [5.41, 5.74) is 2.63. The average molecular weight is 449 g/mol. The van der Waals surface area contributed by atoms with Gasteiger partial charge < -0.3 is 15.3 Å². The van der Waals surface area contributed by atoms with Crippen LogP contribution in [0.15, 0.2) is 46.9 Å². The van der Waals surface area contributed by atoms with Gasteiger partial charge in [-0.25, -0.2) is 0 Å². The number of nitro benzene ring substituents is 1. The molecule has 1 unspecified atom stereocenters. The van der Waals surface area contributed by atoms with E-state index in [1.54, 1.807) is 6.07 Å². The van der Waals surface area contributed by atoms with Crippen LogP contribution in [-0.4, -0.2) is 54.3 Å². The summed E-state index contributed by atoms with van der Waals surface area (Å²) in [7, 11) is 0. The molecule has 1 aliphatic heterocycles. The molecule has 0 radical (unpaired) electrons. The fourth-order valence-electron chi connectivity index (χ4n) is 3.43. The molecule has 1 atom stereocenters. The number of nitrogens with one attached hydrogen (secondary N) is 1. The van der Waals surface area contributed by atoms with E-state index < -0.39 is 0 Å². The quantitative estimate of drug-likeness (QED) is 0.496. The number of hydrogen-bond acceptors (Lipinski definition) is 6. The van der Waals surface area contributed by atoms with Crippen LogP contribution >= 0.6 is 15.9 Å². The SMILES string of the molecule is CC(Nc1cc(N2CCN(CCO)CC2)ccc1[N+](=O)[O-])c1ccc(Br)cc1. The van der Waals surface area contributed by atoms with Crippen LogP contribution in [0.1, 0.15) is 18.5 Å². The molecule has 1 heterocycles. The molecule has 3 rings (SSSR count). The molecular weight excluding hydrogens is 424 g/mol. The highest BCUT2D eigenvalue weighted by Crippen LogP contribution is 2.33. The van der Waals surface area contributed by atoms with Gasteiger partial charge in [0.15, 0.2) is 0 Å². The van der Waals surface area contributed by atoms with Crippen molar-refractivity contribution in [2.45, 2.75) is 13.0 Å². The highest BCUT2D eigenvalue weighted by Gasteiger charge is 2.21. The van der Waals surface area contributed by atoms with Crippen molar-refractivity contribution in [3.63, 3.8) is 0 Å². The maximum absolute atomic E-state index is 11.5. The number of piperazine rings is 1. The van der Waals surface area contributed by atoms with Crippen LogP contribution in [0, 0.1) is 10.1 Å². The first kappa shape index (κ1) is 20.6. The van der Waals surface area contributed by atoms with Gasteiger partial charge in [0.25, 0.3) is 5.69 Å². The number of aliphatic hydroxyl groups is 1. The standard InChI is InChI=1S/C20H25BrN4O3/c1-15(16-2-4-17(21)5-3-16)22-19-14-18(6-7-20(19)25(27)28)24-10-8-23(9-11-24)12-13-26/h2-7,14-15,22,26H,8-13H2,1H3. The molecule has 2 aromatic rings. The van der Waals surface area contributed by atoms with Gasteiger partial charge >= 0.3 is 0 Å². The molecule has 1 saturated heterocycles. The molecule has 2 N–H and O–H groups in total. The Bertz CT molecular complexity index is 808. The van der Waals surface area contributed by atoms with E-state index in [1.807, 2.05) is 43.3 Å². The third-order valence-corrected chi connectivity index (χ3v) is 5.60. The molecule has 0 saturated carbocycles. The Hall–Kier alpha value is -2.16. The van der Waals surface area contributed by atoms with Gasteiger partial charge in [0.1, 0.15) is 5.69 Å². The first-order valence-electron chi connectivity index (χ1n) is 9.36. The van der Waals surface area contributed by atoms with Gasteiger partial charge in [-0.3, -0.25) is 15.0 Å². The lowest BCUT2D eigenvalue weighted by atomic mass is 10.1. The number of anilines is 2. The highest BCUT2D eigenvalue weighted by atomic mass is 79.9. The van der Waals surface area contributed by atoms with E-state index in [-0.39, 0.29) is 23.3 Å². The molecule has 0 aromatic heterocycles. The Kier molecular flexibility index (Phi) is 6.88. The Labute approximate surface area is 173 Å². The van der Waals surface area contributed by atoms with Gasteiger partial charge in [0.2, 0.25) is 0 Å². The van der Waals surface area contributed by atoms with E-state index in [9.17, 15) is 10.1 Å². The number of rotatable bonds is 7. The zero-order valence-corrected chi connectivity index (χ0v) is 17.4. The van der Waals surface area contributed by atoms with Crippen molar-refractivity contribution in [2.24, 2.45) is 0 Å². The molecule has 8 heteroatoms. The topological polar surface area (TPSA) is 81.9 Å². The fraction of sp³-hybridized carbons (Fsp3) is 0.400. The smallest absolute Gasteiger partial charge is 0.292 e. The van der Waals surface area contributed by atoms with Gasteiger partial charge in [-0.1, -0.05) is 28.1 Å². The largest absolute Gasteiger partial charge is 0.395 e. The van der Waals surface area contributed by atoms with E-state index in [4.69, 9.17) is 5.11 Å². The molecule has 1 aliphatic rings. The van der Waals surface area contributed by atoms with Crippen LogP contribution in [-0.2, 0) is 0 Å². The van der Waals surface area contributed by atoms with Gasteiger partial charge in [-0.15, -0.1) is 0 Å². The summed E-state index contributed by atoms with van der Waals surface area (Å²) >= 11 is 3.43. The van der Waals surface area contributed by atoms with Crippen molar-refractivity contribution in [1.29, 1.82) is 0 Å². The molecule has 7 nitrogen and oxygen atoms in total. The predicted molar refractivity (Wildman–Crippen MR) is 115 cm³/mol. The second-order valence-electron chi connectivity index (χ2n) is 6.93. The minimum absolute atomic E-state index is 0.0662. The third kappa shape index (κ3) is 5.01. The van der Waals surface area contributed by atoms with Crippen molar-refractivity contribution < 1.29 is 10.0 Å². The van der Waals surface area contributed by atoms with E-state index in [0.29, 0.717) is 12.2 Å². The average Bonchev–Trinajstić information content (AvgIpc) is 2.69. The number of nitrogens with zero attached hydrogens (tertiary/aromatic N) is 3. The summed E-state index contributed by atoms with van der Waals surface area (Å²) in [5, 5.41) is 23.9. The van der Waals surface area contributed by atoms with Crippen LogP contribution in [0.4, 0.5) is 17.1 Å². The summed E-state index contributed by atoms with van der Waals surface area (Å²) in [6, 6.07) is 13.1.